The van der Waals surface area contributed by atoms with Gasteiger partial charge in [0.25, 0.3) is 0 Å². The number of nitrogens with zero attached hydrogens (tertiary/aromatic N) is 4. The molecule has 0 spiro atoms. The fraction of sp³-hybridized carbons (Fsp3) is 0.895. The normalized spacial score (nSPS) is 22.6. The van der Waals surface area contributed by atoms with Crippen molar-refractivity contribution in [2.45, 2.75) is 25.7 Å². The van der Waals surface area contributed by atoms with E-state index in [1.165, 1.54) is 0 Å². The molecule has 15 heteroatoms. The molecule has 0 aliphatic carbocycles. The van der Waals surface area contributed by atoms with Crippen LogP contribution in [0.1, 0.15) is 25.7 Å². The Kier molecular flexibility index (Phi) is 21.5. The number of carboxylic acids is 2. The van der Waals surface area contributed by atoms with Crippen LogP contribution in [-0.4, -0.2) is 127 Å². The number of carbonyl (C=O) groups excluding carboxylic acids is 1. The summed E-state index contributed by atoms with van der Waals surface area (Å²) in [4.78, 5) is 31.1. The number of fused-ring (bicyclic) bond motifs is 3. The number of hydrogen-bond donors (Lipinski definition) is 2. The standard InChI is InChI=1S/C18H34N4O4.CH4O.ClHO4.Cu/c23-17(24)3-9-19-5-1-7-21-13-12-20(10-4-18(25)26)6-2-8-22(14-11-19)16-15-21;1-2;2-1(3,4)5;/h1-16H2,(H,23,24)(H,25,26);2H,1H3;(H,2,3,4,5);/q;;;+2/p-2. The quantitative estimate of drug-likeness (QED) is 0.289. The third-order valence-electron chi connectivity index (χ3n) is 5.37. The van der Waals surface area contributed by atoms with Gasteiger partial charge in [-0.3, -0.25) is 4.79 Å². The van der Waals surface area contributed by atoms with Crippen LogP contribution in [0.2, 0.25) is 0 Å². The smallest absolute Gasteiger partial charge is 0.550 e. The number of halogens is 1. The zero-order valence-corrected chi connectivity index (χ0v) is 21.2. The summed E-state index contributed by atoms with van der Waals surface area (Å²) in [6.07, 6.45) is 2.38. The third kappa shape index (κ3) is 21.9. The molecule has 0 saturated carbocycles. The molecule has 2 saturated heterocycles. The number of aliphatic hydroxyl groups is 1. The van der Waals surface area contributed by atoms with Gasteiger partial charge < -0.3 is 39.7 Å². The predicted molar refractivity (Wildman–Crippen MR) is 105 cm³/mol. The van der Waals surface area contributed by atoms with Gasteiger partial charge in [-0.05, 0) is 45.4 Å². The minimum absolute atomic E-state index is 0. The Morgan fingerprint density at radius 1 is 0.706 bits per heavy atom. The first kappa shape index (κ1) is 35.6. The summed E-state index contributed by atoms with van der Waals surface area (Å²) in [7, 11) is -3.94. The van der Waals surface area contributed by atoms with Crippen molar-refractivity contribution in [1.29, 1.82) is 0 Å². The van der Waals surface area contributed by atoms with Crippen LogP contribution in [0.15, 0.2) is 0 Å². The van der Waals surface area contributed by atoms with E-state index in [1.807, 2.05) is 0 Å². The van der Waals surface area contributed by atoms with Gasteiger partial charge in [0.2, 0.25) is 0 Å². The van der Waals surface area contributed by atoms with Crippen LogP contribution in [0.4, 0.5) is 0 Å². The molecule has 13 nitrogen and oxygen atoms in total. The van der Waals surface area contributed by atoms with E-state index in [-0.39, 0.29) is 29.9 Å². The second-order valence-electron chi connectivity index (χ2n) is 7.72. The minimum atomic E-state index is -4.94. The summed E-state index contributed by atoms with van der Waals surface area (Å²) in [5, 5.41) is 26.7. The molecule has 0 aromatic carbocycles. The van der Waals surface area contributed by atoms with Gasteiger partial charge in [0.05, 0.1) is 6.42 Å². The number of carboxylic acid groups (broad SMARTS) is 2. The summed E-state index contributed by atoms with van der Waals surface area (Å²) in [5.74, 6) is -1.71. The second-order valence-corrected chi connectivity index (χ2v) is 8.47. The van der Waals surface area contributed by atoms with Gasteiger partial charge in [-0.2, -0.15) is 0 Å². The van der Waals surface area contributed by atoms with Gasteiger partial charge in [-0.1, -0.05) is 0 Å². The number of carbonyl (C=O) groups is 2. The van der Waals surface area contributed by atoms with Gasteiger partial charge >= 0.3 is 23.0 Å². The number of aliphatic hydroxyl groups excluding tert-OH is 1. The molecule has 0 aromatic heterocycles. The predicted octanol–water partition coefficient (Wildman–Crippen LogP) is -6.53. The zero-order valence-electron chi connectivity index (χ0n) is 19.5. The number of rotatable bonds is 6. The fourth-order valence-corrected chi connectivity index (χ4v) is 3.73. The Morgan fingerprint density at radius 2 is 1.06 bits per heavy atom. The maximum Gasteiger partial charge on any atom is 2.00 e. The van der Waals surface area contributed by atoms with Crippen molar-refractivity contribution in [1.82, 2.24) is 19.6 Å². The maximum atomic E-state index is 10.9. The third-order valence-corrected chi connectivity index (χ3v) is 5.37. The monoisotopic (exact) mass is 563 g/mol. The minimum Gasteiger partial charge on any atom is -0.550 e. The van der Waals surface area contributed by atoms with E-state index in [0.29, 0.717) is 13.1 Å². The van der Waals surface area contributed by atoms with Crippen LogP contribution >= 0.6 is 0 Å². The fourth-order valence-electron chi connectivity index (χ4n) is 3.73. The van der Waals surface area contributed by atoms with Crippen LogP contribution in [0.25, 0.3) is 0 Å². The van der Waals surface area contributed by atoms with Crippen molar-refractivity contribution < 1.29 is 70.9 Å². The van der Waals surface area contributed by atoms with E-state index < -0.39 is 22.2 Å². The summed E-state index contributed by atoms with van der Waals surface area (Å²) >= 11 is 0. The number of aliphatic carboxylic acids is 2. The molecule has 0 aromatic rings. The summed E-state index contributed by atoms with van der Waals surface area (Å²) < 4.78 is 34.0. The Bertz CT molecular complexity index is 500. The van der Waals surface area contributed by atoms with E-state index in [0.717, 1.165) is 85.4 Å². The second kappa shape index (κ2) is 20.6. The van der Waals surface area contributed by atoms with E-state index >= 15 is 0 Å². The molecular formula is C19H37ClCuN4O9. The molecule has 2 aliphatic heterocycles. The summed E-state index contributed by atoms with van der Waals surface area (Å²) in [5.41, 5.74) is 0. The van der Waals surface area contributed by atoms with E-state index in [2.05, 4.69) is 19.6 Å². The van der Waals surface area contributed by atoms with E-state index in [1.54, 1.807) is 0 Å². The van der Waals surface area contributed by atoms with Crippen molar-refractivity contribution in [2.24, 2.45) is 0 Å². The maximum absolute atomic E-state index is 10.9. The van der Waals surface area contributed by atoms with E-state index in [4.69, 9.17) is 28.8 Å². The molecule has 2 bridgehead atoms. The van der Waals surface area contributed by atoms with Crippen molar-refractivity contribution in [2.75, 3.05) is 85.6 Å². The van der Waals surface area contributed by atoms with Crippen LogP contribution in [0.5, 0.6) is 0 Å². The molecule has 2 N–H and O–H groups in total. The first-order chi connectivity index (χ1) is 15.5. The van der Waals surface area contributed by atoms with Crippen molar-refractivity contribution in [3.63, 3.8) is 0 Å². The van der Waals surface area contributed by atoms with Crippen molar-refractivity contribution >= 4 is 11.9 Å². The zero-order chi connectivity index (χ0) is 25.3. The van der Waals surface area contributed by atoms with Crippen molar-refractivity contribution in [3.8, 4) is 0 Å². The van der Waals surface area contributed by atoms with Crippen LogP contribution in [-0.2, 0) is 26.7 Å². The first-order valence-electron chi connectivity index (χ1n) is 10.9. The van der Waals surface area contributed by atoms with Crippen LogP contribution < -0.4 is 23.7 Å². The number of hydrogen-bond acceptors (Lipinski definition) is 12. The van der Waals surface area contributed by atoms with Crippen molar-refractivity contribution in [3.05, 3.63) is 0 Å². The Hall–Kier alpha value is -0.611. The molecule has 2 unspecified atom stereocenters. The molecule has 2 aliphatic rings. The van der Waals surface area contributed by atoms with Gasteiger partial charge in [0, 0.05) is 65.4 Å². The largest absolute Gasteiger partial charge is 2.00 e. The Balaban J connectivity index is 0. The Morgan fingerprint density at radius 3 is 1.41 bits per heavy atom. The molecule has 2 heterocycles. The molecule has 1 radical (unpaired) electrons. The van der Waals surface area contributed by atoms with Gasteiger partial charge in [-0.15, -0.1) is 10.2 Å². The molecule has 0 amide bonds. The topological polar surface area (TPSA) is 203 Å². The summed E-state index contributed by atoms with van der Waals surface area (Å²) in [6.45, 7) is 10.9. The van der Waals surface area contributed by atoms with Gasteiger partial charge in [0.1, 0.15) is 0 Å². The average Bonchev–Trinajstić information content (AvgIpc) is 2.73. The van der Waals surface area contributed by atoms with E-state index in [9.17, 15) is 14.7 Å². The van der Waals surface area contributed by atoms with Gasteiger partial charge in [0.15, 0.2) is 0 Å². The first-order valence-corrected chi connectivity index (χ1v) is 12.1. The van der Waals surface area contributed by atoms with Crippen LogP contribution in [0.3, 0.4) is 0 Å². The molecule has 2 atom stereocenters. The Labute approximate surface area is 213 Å². The molecular weight excluding hydrogens is 527 g/mol. The molecule has 2 rings (SSSR count). The molecule has 2 fully saturated rings. The molecule has 205 valence electrons. The van der Waals surface area contributed by atoms with Crippen LogP contribution in [0, 0.1) is 10.2 Å². The van der Waals surface area contributed by atoms with Gasteiger partial charge in [-0.25, -0.2) is 18.6 Å². The summed E-state index contributed by atoms with van der Waals surface area (Å²) in [6, 6.07) is 0. The molecule has 34 heavy (non-hydrogen) atoms. The average molecular weight is 565 g/mol. The SMILES string of the molecule is CO.O=C([O-])CCN1CCCN2CCN(CCC(=O)O)CCCN(CC1)CC2.[Cu+2].[O-][Cl+3]([O-])([O-])[O-].